The summed E-state index contributed by atoms with van der Waals surface area (Å²) in [4.78, 5) is 22.7. The fourth-order valence-corrected chi connectivity index (χ4v) is 5.76. The number of rotatable bonds is 13. The minimum Gasteiger partial charge on any atom is -0.385 e. The average Bonchev–Trinajstić information content (AvgIpc) is 3.74. The lowest BCUT2D eigenvalue weighted by atomic mass is 9.97. The molecule has 7 nitrogen and oxygen atoms in total. The lowest BCUT2D eigenvalue weighted by Crippen LogP contribution is -2.50. The molecule has 1 aliphatic carbocycles. The average molecular weight is 589 g/mol. The van der Waals surface area contributed by atoms with E-state index in [2.05, 4.69) is 51.7 Å². The van der Waals surface area contributed by atoms with Gasteiger partial charge < -0.3 is 25.3 Å². The molecule has 2 heterocycles. The fourth-order valence-electron chi connectivity index (χ4n) is 5.76. The summed E-state index contributed by atoms with van der Waals surface area (Å²) in [7, 11) is 4.20. The van der Waals surface area contributed by atoms with E-state index < -0.39 is 11.7 Å². The van der Waals surface area contributed by atoms with Crippen LogP contribution in [-0.4, -0.2) is 81.1 Å². The molecule has 0 radical (unpaired) electrons. The summed E-state index contributed by atoms with van der Waals surface area (Å²) in [6, 6.07) is 6.36. The van der Waals surface area contributed by atoms with Gasteiger partial charge in [0.15, 0.2) is 0 Å². The Morgan fingerprint density at radius 2 is 1.95 bits per heavy atom. The van der Waals surface area contributed by atoms with Gasteiger partial charge in [0, 0.05) is 74.9 Å². The molecule has 0 aromatic heterocycles. The van der Waals surface area contributed by atoms with Crippen molar-refractivity contribution in [3.05, 3.63) is 47.3 Å². The summed E-state index contributed by atoms with van der Waals surface area (Å²) < 4.78 is 42.5. The first-order valence-corrected chi connectivity index (χ1v) is 15.4. The van der Waals surface area contributed by atoms with E-state index in [1.54, 1.807) is 13.0 Å². The number of amidine groups is 1. The minimum absolute atomic E-state index is 0.0247. The Labute approximate surface area is 248 Å². The molecule has 1 saturated carbocycles. The van der Waals surface area contributed by atoms with E-state index in [4.69, 9.17) is 0 Å². The molecule has 4 rings (SSSR count). The molecular weight excluding hydrogens is 541 g/mol. The van der Waals surface area contributed by atoms with Crippen molar-refractivity contribution in [2.75, 3.05) is 63.6 Å². The van der Waals surface area contributed by atoms with E-state index in [1.165, 1.54) is 11.3 Å². The Balaban J connectivity index is 1.41. The molecule has 0 bridgehead atoms. The summed E-state index contributed by atoms with van der Waals surface area (Å²) in [5, 5.41) is 6.24. The minimum atomic E-state index is -4.57. The first-order valence-electron chi connectivity index (χ1n) is 15.4. The molecule has 0 spiro atoms. The molecular formula is C32H47F3N6O. The second-order valence-electron chi connectivity index (χ2n) is 12.1. The lowest BCUT2D eigenvalue weighted by Gasteiger charge is -2.42. The summed E-state index contributed by atoms with van der Waals surface area (Å²) >= 11 is 0. The lowest BCUT2D eigenvalue weighted by molar-refractivity contribution is -0.133. The number of nitrogens with zero attached hydrogens (tertiary/aromatic N) is 4. The third-order valence-electron chi connectivity index (χ3n) is 8.05. The molecule has 232 valence electrons. The molecule has 0 atom stereocenters. The predicted molar refractivity (Wildman–Crippen MR) is 165 cm³/mol. The number of hydrogen-bond donors (Lipinski definition) is 2. The summed E-state index contributed by atoms with van der Waals surface area (Å²) in [5.41, 5.74) is 2.54. The van der Waals surface area contributed by atoms with Gasteiger partial charge in [0.1, 0.15) is 5.84 Å². The van der Waals surface area contributed by atoms with Crippen LogP contribution in [0.4, 0.5) is 24.5 Å². The number of alkyl halides is 3. The summed E-state index contributed by atoms with van der Waals surface area (Å²) in [6.07, 6.45) is 3.63. The number of carbonyl (C=O) groups is 1. The van der Waals surface area contributed by atoms with Gasteiger partial charge in [-0.25, -0.2) is 4.99 Å². The monoisotopic (exact) mass is 588 g/mol. The van der Waals surface area contributed by atoms with Crippen molar-refractivity contribution in [2.24, 2.45) is 10.9 Å². The van der Waals surface area contributed by atoms with Crippen LogP contribution in [0.2, 0.25) is 0 Å². The largest absolute Gasteiger partial charge is 0.419 e. The van der Waals surface area contributed by atoms with Crippen LogP contribution in [-0.2, 0) is 4.79 Å². The van der Waals surface area contributed by atoms with E-state index in [0.717, 1.165) is 63.7 Å². The number of aliphatic imine (C=N–C) groups is 1. The zero-order chi connectivity index (χ0) is 30.3. The van der Waals surface area contributed by atoms with Gasteiger partial charge in [0.05, 0.1) is 5.57 Å². The van der Waals surface area contributed by atoms with Gasteiger partial charge in [-0.2, -0.15) is 13.2 Å². The Morgan fingerprint density at radius 3 is 2.60 bits per heavy atom. The summed E-state index contributed by atoms with van der Waals surface area (Å²) in [6.45, 7) is 8.29. The van der Waals surface area contributed by atoms with Crippen LogP contribution in [0.5, 0.6) is 0 Å². The molecule has 2 aliphatic heterocycles. The number of amides is 1. The number of allylic oxidation sites excluding steroid dienone is 2. The van der Waals surface area contributed by atoms with Crippen molar-refractivity contribution in [2.45, 2.75) is 70.9 Å². The molecule has 3 aliphatic rings. The number of hydrogen-bond acceptors (Lipinski definition) is 5. The third-order valence-corrected chi connectivity index (χ3v) is 8.05. The molecule has 42 heavy (non-hydrogen) atoms. The Kier molecular flexibility index (Phi) is 11.0. The van der Waals surface area contributed by atoms with Crippen LogP contribution in [0.3, 0.4) is 0 Å². The van der Waals surface area contributed by atoms with Gasteiger partial charge in [-0.3, -0.25) is 4.79 Å². The SMILES string of the molecule is CC/C=C(NCCCN1CCCCC1=O)/C(=C\N=C(C)Nc1ccc(N2CC(CN(C)C)C2)cc1C1CC1)C(F)(F)F. The first kappa shape index (κ1) is 31.9. The zero-order valence-electron chi connectivity index (χ0n) is 25.6. The van der Waals surface area contributed by atoms with Gasteiger partial charge in [0.25, 0.3) is 0 Å². The van der Waals surface area contributed by atoms with Gasteiger partial charge in [-0.05, 0) is 89.2 Å². The maximum Gasteiger partial charge on any atom is 0.419 e. The Bertz CT molecular complexity index is 1170. The van der Waals surface area contributed by atoms with E-state index in [-0.39, 0.29) is 11.6 Å². The first-order chi connectivity index (χ1) is 20.0. The quantitative estimate of drug-likeness (QED) is 0.126. The molecule has 2 N–H and O–H groups in total. The standard InChI is InChI=1S/C32H47F3N6O/c1-5-9-30(36-15-8-17-40-16-7-6-10-31(40)42)28(32(33,34)35)19-37-23(2)38-29-14-13-26(18-27(29)25-11-12-25)41-21-24(22-41)20-39(3)4/h9,13-14,18-19,24-25,36H,5-8,10-12,15-17,20-22H2,1-4H3,(H,37,38)/b28-19+,30-9-. The second kappa shape index (κ2) is 14.4. The molecule has 10 heteroatoms. The highest BCUT2D eigenvalue weighted by molar-refractivity contribution is 5.95. The van der Waals surface area contributed by atoms with Crippen molar-refractivity contribution >= 4 is 23.1 Å². The topological polar surface area (TPSA) is 63.2 Å². The summed E-state index contributed by atoms with van der Waals surface area (Å²) in [5.74, 6) is 1.68. The van der Waals surface area contributed by atoms with Crippen molar-refractivity contribution in [1.29, 1.82) is 0 Å². The maximum absolute atomic E-state index is 14.2. The highest BCUT2D eigenvalue weighted by Crippen LogP contribution is 2.45. The van der Waals surface area contributed by atoms with Gasteiger partial charge in [0.2, 0.25) is 5.91 Å². The molecule has 2 saturated heterocycles. The Morgan fingerprint density at radius 1 is 1.19 bits per heavy atom. The van der Waals surface area contributed by atoms with E-state index >= 15 is 0 Å². The number of likely N-dealkylation sites (tertiary alicyclic amines) is 1. The van der Waals surface area contributed by atoms with E-state index in [1.807, 2.05) is 17.9 Å². The number of halogens is 3. The molecule has 3 fully saturated rings. The van der Waals surface area contributed by atoms with Gasteiger partial charge >= 0.3 is 6.18 Å². The number of piperidine rings is 1. The highest BCUT2D eigenvalue weighted by Gasteiger charge is 2.36. The third kappa shape index (κ3) is 8.99. The van der Waals surface area contributed by atoms with Crippen LogP contribution < -0.4 is 15.5 Å². The predicted octanol–water partition coefficient (Wildman–Crippen LogP) is 6.12. The maximum atomic E-state index is 14.2. The van der Waals surface area contributed by atoms with Gasteiger partial charge in [-0.1, -0.05) is 13.0 Å². The number of carbonyl (C=O) groups excluding carboxylic acids is 1. The number of benzene rings is 1. The van der Waals surface area contributed by atoms with Crippen molar-refractivity contribution in [3.8, 4) is 0 Å². The molecule has 1 aromatic carbocycles. The highest BCUT2D eigenvalue weighted by atomic mass is 19.4. The van der Waals surface area contributed by atoms with E-state index in [9.17, 15) is 18.0 Å². The van der Waals surface area contributed by atoms with Crippen LogP contribution >= 0.6 is 0 Å². The fraction of sp³-hybridized carbons (Fsp3) is 0.625. The molecule has 1 amide bonds. The van der Waals surface area contributed by atoms with Crippen molar-refractivity contribution in [3.63, 3.8) is 0 Å². The Hall–Kier alpha value is -3.01. The zero-order valence-corrected chi connectivity index (χ0v) is 25.6. The van der Waals surface area contributed by atoms with Crippen LogP contribution in [0, 0.1) is 5.92 Å². The number of nitrogens with one attached hydrogen (secondary N) is 2. The van der Waals surface area contributed by atoms with Crippen molar-refractivity contribution < 1.29 is 18.0 Å². The van der Waals surface area contributed by atoms with Crippen LogP contribution in [0.15, 0.2) is 46.7 Å². The van der Waals surface area contributed by atoms with Crippen LogP contribution in [0.25, 0.3) is 0 Å². The van der Waals surface area contributed by atoms with Crippen LogP contribution in [0.1, 0.15) is 70.3 Å². The van der Waals surface area contributed by atoms with E-state index in [0.29, 0.717) is 50.0 Å². The molecule has 1 aromatic rings. The second-order valence-corrected chi connectivity index (χ2v) is 12.1. The normalized spacial score (nSPS) is 19.4. The smallest absolute Gasteiger partial charge is 0.385 e. The molecule has 0 unspecified atom stereocenters. The van der Waals surface area contributed by atoms with Gasteiger partial charge in [-0.15, -0.1) is 0 Å². The number of anilines is 2. The van der Waals surface area contributed by atoms with Crippen molar-refractivity contribution in [1.82, 2.24) is 15.1 Å².